The Kier molecular flexibility index (Phi) is 5.81. The van der Waals surface area contributed by atoms with Crippen molar-refractivity contribution in [3.05, 3.63) is 59.7 Å². The summed E-state index contributed by atoms with van der Waals surface area (Å²) in [6, 6.07) is 15.6. The smallest absolute Gasteiger partial charge is 0.119 e. The van der Waals surface area contributed by atoms with Gasteiger partial charge in [0, 0.05) is 14.2 Å². The molecule has 4 heteroatoms. The normalized spacial score (nSPS) is 13.5. The summed E-state index contributed by atoms with van der Waals surface area (Å²) < 4.78 is 22.0. The SMILES string of the molecule is COc1cccc([C@@H](OC)[C@H](OC)c2cccc(OC)c2)c1. The van der Waals surface area contributed by atoms with Gasteiger partial charge in [-0.25, -0.2) is 0 Å². The molecule has 0 saturated carbocycles. The molecule has 2 aromatic rings. The lowest BCUT2D eigenvalue weighted by Crippen LogP contribution is -2.15. The Morgan fingerprint density at radius 3 is 1.36 bits per heavy atom. The van der Waals surface area contributed by atoms with E-state index in [1.165, 1.54) is 0 Å². The molecule has 2 atom stereocenters. The second-order valence-electron chi connectivity index (χ2n) is 4.87. The van der Waals surface area contributed by atoms with Crippen molar-refractivity contribution in [2.75, 3.05) is 28.4 Å². The molecule has 2 aromatic carbocycles. The number of hydrogen-bond donors (Lipinski definition) is 0. The van der Waals surface area contributed by atoms with Gasteiger partial charge >= 0.3 is 0 Å². The summed E-state index contributed by atoms with van der Waals surface area (Å²) in [6.07, 6.45) is -0.487. The molecular weight excluding hydrogens is 280 g/mol. The first-order chi connectivity index (χ1) is 10.7. The summed E-state index contributed by atoms with van der Waals surface area (Å²) >= 11 is 0. The lowest BCUT2D eigenvalue weighted by atomic mass is 9.97. The van der Waals surface area contributed by atoms with Gasteiger partial charge in [0.15, 0.2) is 0 Å². The van der Waals surface area contributed by atoms with Crippen LogP contribution in [0.1, 0.15) is 23.3 Å². The minimum Gasteiger partial charge on any atom is -0.497 e. The first-order valence-electron chi connectivity index (χ1n) is 7.07. The minimum absolute atomic E-state index is 0.243. The van der Waals surface area contributed by atoms with E-state index in [1.807, 2.05) is 48.5 Å². The van der Waals surface area contributed by atoms with Crippen LogP contribution in [0.5, 0.6) is 11.5 Å². The van der Waals surface area contributed by atoms with Gasteiger partial charge in [-0.2, -0.15) is 0 Å². The maximum atomic E-state index is 5.70. The molecule has 0 bridgehead atoms. The Morgan fingerprint density at radius 2 is 1.05 bits per heavy atom. The van der Waals surface area contributed by atoms with Crippen LogP contribution in [0.3, 0.4) is 0 Å². The molecule has 0 radical (unpaired) electrons. The van der Waals surface area contributed by atoms with Crippen molar-refractivity contribution in [1.29, 1.82) is 0 Å². The van der Waals surface area contributed by atoms with Gasteiger partial charge in [-0.1, -0.05) is 24.3 Å². The van der Waals surface area contributed by atoms with Crippen molar-refractivity contribution < 1.29 is 18.9 Å². The van der Waals surface area contributed by atoms with Crippen molar-refractivity contribution in [3.8, 4) is 11.5 Å². The molecule has 4 nitrogen and oxygen atoms in total. The third-order valence-electron chi connectivity index (χ3n) is 3.63. The summed E-state index contributed by atoms with van der Waals surface area (Å²) in [6.45, 7) is 0. The zero-order chi connectivity index (χ0) is 15.9. The van der Waals surface area contributed by atoms with Crippen LogP contribution in [0.25, 0.3) is 0 Å². The van der Waals surface area contributed by atoms with E-state index in [4.69, 9.17) is 18.9 Å². The second-order valence-corrected chi connectivity index (χ2v) is 4.87. The molecule has 0 saturated heterocycles. The summed E-state index contributed by atoms with van der Waals surface area (Å²) in [7, 11) is 6.65. The van der Waals surface area contributed by atoms with Crippen LogP contribution in [0.4, 0.5) is 0 Å². The summed E-state index contributed by atoms with van der Waals surface area (Å²) in [5, 5.41) is 0. The number of hydrogen-bond acceptors (Lipinski definition) is 4. The fourth-order valence-corrected chi connectivity index (χ4v) is 2.51. The van der Waals surface area contributed by atoms with Gasteiger partial charge in [-0.15, -0.1) is 0 Å². The summed E-state index contributed by atoms with van der Waals surface area (Å²) in [5.74, 6) is 1.58. The standard InChI is InChI=1S/C18H22O4/c1-19-15-9-5-7-13(11-15)17(21-3)18(22-4)14-8-6-10-16(12-14)20-2/h5-12,17-18H,1-4H3/t17-,18-/m1/s1. The fraction of sp³-hybridized carbons (Fsp3) is 0.333. The van der Waals surface area contributed by atoms with Gasteiger partial charge in [0.2, 0.25) is 0 Å². The molecule has 0 aliphatic carbocycles. The topological polar surface area (TPSA) is 36.9 Å². The fourth-order valence-electron chi connectivity index (χ4n) is 2.51. The Labute approximate surface area is 131 Å². The Hall–Kier alpha value is -2.04. The first-order valence-corrected chi connectivity index (χ1v) is 7.07. The van der Waals surface area contributed by atoms with Crippen molar-refractivity contribution >= 4 is 0 Å². The van der Waals surface area contributed by atoms with Gasteiger partial charge in [0.05, 0.1) is 14.2 Å². The molecule has 0 aliphatic rings. The van der Waals surface area contributed by atoms with E-state index in [0.29, 0.717) is 0 Å². The third-order valence-corrected chi connectivity index (χ3v) is 3.63. The predicted octanol–water partition coefficient (Wildman–Crippen LogP) is 3.78. The van der Waals surface area contributed by atoms with Crippen molar-refractivity contribution in [2.45, 2.75) is 12.2 Å². The van der Waals surface area contributed by atoms with Crippen LogP contribution < -0.4 is 9.47 Å². The van der Waals surface area contributed by atoms with E-state index in [1.54, 1.807) is 28.4 Å². The molecule has 0 fully saturated rings. The van der Waals surface area contributed by atoms with E-state index < -0.39 is 0 Å². The maximum absolute atomic E-state index is 5.70. The molecule has 0 aromatic heterocycles. The predicted molar refractivity (Wildman–Crippen MR) is 85.5 cm³/mol. The van der Waals surface area contributed by atoms with Crippen molar-refractivity contribution in [3.63, 3.8) is 0 Å². The Bertz CT molecular complexity index is 544. The van der Waals surface area contributed by atoms with Gasteiger partial charge in [0.1, 0.15) is 23.7 Å². The first kappa shape index (κ1) is 16.3. The number of benzene rings is 2. The second kappa shape index (κ2) is 7.82. The average Bonchev–Trinajstić information content (AvgIpc) is 2.59. The molecule has 0 amide bonds. The maximum Gasteiger partial charge on any atom is 0.119 e. The minimum atomic E-state index is -0.243. The number of methoxy groups -OCH3 is 4. The van der Waals surface area contributed by atoms with Gasteiger partial charge in [-0.05, 0) is 35.4 Å². The molecule has 2 rings (SSSR count). The highest BCUT2D eigenvalue weighted by Gasteiger charge is 2.25. The van der Waals surface area contributed by atoms with Crippen LogP contribution >= 0.6 is 0 Å². The number of ether oxygens (including phenoxy) is 4. The van der Waals surface area contributed by atoms with E-state index in [-0.39, 0.29) is 12.2 Å². The lowest BCUT2D eigenvalue weighted by molar-refractivity contribution is -0.0398. The zero-order valence-corrected chi connectivity index (χ0v) is 13.4. The molecular formula is C18H22O4. The highest BCUT2D eigenvalue weighted by atomic mass is 16.5. The zero-order valence-electron chi connectivity index (χ0n) is 13.4. The Balaban J connectivity index is 2.37. The van der Waals surface area contributed by atoms with Crippen LogP contribution in [-0.2, 0) is 9.47 Å². The average molecular weight is 302 g/mol. The van der Waals surface area contributed by atoms with E-state index in [9.17, 15) is 0 Å². The molecule has 0 spiro atoms. The largest absolute Gasteiger partial charge is 0.497 e. The van der Waals surface area contributed by atoms with E-state index >= 15 is 0 Å². The molecule has 0 unspecified atom stereocenters. The lowest BCUT2D eigenvalue weighted by Gasteiger charge is -2.26. The Morgan fingerprint density at radius 1 is 0.636 bits per heavy atom. The van der Waals surface area contributed by atoms with Gasteiger partial charge in [0.25, 0.3) is 0 Å². The van der Waals surface area contributed by atoms with Gasteiger partial charge < -0.3 is 18.9 Å². The molecule has 22 heavy (non-hydrogen) atoms. The molecule has 0 heterocycles. The van der Waals surface area contributed by atoms with Crippen LogP contribution in [0.15, 0.2) is 48.5 Å². The molecule has 0 aliphatic heterocycles. The van der Waals surface area contributed by atoms with Gasteiger partial charge in [-0.3, -0.25) is 0 Å². The highest BCUT2D eigenvalue weighted by Crippen LogP contribution is 2.36. The number of rotatable bonds is 7. The van der Waals surface area contributed by atoms with Crippen molar-refractivity contribution in [2.24, 2.45) is 0 Å². The highest BCUT2D eigenvalue weighted by molar-refractivity contribution is 5.34. The summed E-state index contributed by atoms with van der Waals surface area (Å²) in [4.78, 5) is 0. The monoisotopic (exact) mass is 302 g/mol. The van der Waals surface area contributed by atoms with E-state index in [2.05, 4.69) is 0 Å². The van der Waals surface area contributed by atoms with E-state index in [0.717, 1.165) is 22.6 Å². The van der Waals surface area contributed by atoms with Crippen LogP contribution in [-0.4, -0.2) is 28.4 Å². The summed E-state index contributed by atoms with van der Waals surface area (Å²) in [5.41, 5.74) is 1.99. The molecule has 118 valence electrons. The molecule has 0 N–H and O–H groups in total. The van der Waals surface area contributed by atoms with Crippen LogP contribution in [0.2, 0.25) is 0 Å². The third kappa shape index (κ3) is 3.59. The van der Waals surface area contributed by atoms with Crippen LogP contribution in [0, 0.1) is 0 Å². The quantitative estimate of drug-likeness (QED) is 0.780. The van der Waals surface area contributed by atoms with Crippen molar-refractivity contribution in [1.82, 2.24) is 0 Å².